The van der Waals surface area contributed by atoms with E-state index < -0.39 is 22.0 Å². The lowest BCUT2D eigenvalue weighted by molar-refractivity contribution is -0.121. The maximum absolute atomic E-state index is 12.9. The number of hydrogen-bond acceptors (Lipinski definition) is 4. The number of halogens is 2. The highest BCUT2D eigenvalue weighted by Crippen LogP contribution is 2.28. The quantitative estimate of drug-likeness (QED) is 0.655. The Bertz CT molecular complexity index is 935. The molecule has 1 N–H and O–H groups in total. The van der Waals surface area contributed by atoms with Crippen LogP contribution in [0.2, 0.25) is 5.02 Å². The first-order valence-corrected chi connectivity index (χ1v) is 10.7. The number of amides is 1. The predicted octanol–water partition coefficient (Wildman–Crippen LogP) is 3.14. The first kappa shape index (κ1) is 22.0. The Morgan fingerprint density at radius 2 is 1.89 bits per heavy atom. The number of nitrogens with one attached hydrogen (secondary N) is 1. The summed E-state index contributed by atoms with van der Waals surface area (Å²) >= 11 is 6.00. The SMILES string of the molecule is Cc1ccc(Cl)cc1N(C(C)C(=O)NCCOc1ccc(F)cc1)S(C)(=O)=O. The average molecular weight is 429 g/mol. The highest BCUT2D eigenvalue weighted by Gasteiger charge is 2.30. The lowest BCUT2D eigenvalue weighted by Gasteiger charge is -2.29. The lowest BCUT2D eigenvalue weighted by atomic mass is 10.2. The Morgan fingerprint density at radius 3 is 2.50 bits per heavy atom. The molecule has 0 aliphatic carbocycles. The summed E-state index contributed by atoms with van der Waals surface area (Å²) in [6.45, 7) is 3.55. The van der Waals surface area contributed by atoms with Gasteiger partial charge in [0.25, 0.3) is 0 Å². The van der Waals surface area contributed by atoms with Gasteiger partial charge in [0.2, 0.25) is 15.9 Å². The van der Waals surface area contributed by atoms with E-state index in [1.165, 1.54) is 37.3 Å². The number of carbonyl (C=O) groups excluding carboxylic acids is 1. The van der Waals surface area contributed by atoms with E-state index in [1.54, 1.807) is 19.1 Å². The Hall–Kier alpha value is -2.32. The summed E-state index contributed by atoms with van der Waals surface area (Å²) in [5.41, 5.74) is 1.02. The summed E-state index contributed by atoms with van der Waals surface area (Å²) in [6, 6.07) is 9.37. The van der Waals surface area contributed by atoms with E-state index in [0.29, 0.717) is 22.0 Å². The predicted molar refractivity (Wildman–Crippen MR) is 108 cm³/mol. The molecule has 0 aliphatic rings. The number of hydrogen-bond donors (Lipinski definition) is 1. The number of nitrogens with zero attached hydrogens (tertiary/aromatic N) is 1. The van der Waals surface area contributed by atoms with Gasteiger partial charge < -0.3 is 10.1 Å². The van der Waals surface area contributed by atoms with Crippen LogP contribution in [-0.4, -0.2) is 39.8 Å². The summed E-state index contributed by atoms with van der Waals surface area (Å²) in [6.07, 6.45) is 1.04. The topological polar surface area (TPSA) is 75.7 Å². The fraction of sp³-hybridized carbons (Fsp3) is 0.316. The molecular weight excluding hydrogens is 407 g/mol. The summed E-state index contributed by atoms with van der Waals surface area (Å²) in [7, 11) is -3.73. The van der Waals surface area contributed by atoms with Crippen LogP contribution in [0.1, 0.15) is 12.5 Å². The van der Waals surface area contributed by atoms with E-state index in [0.717, 1.165) is 10.6 Å². The smallest absolute Gasteiger partial charge is 0.243 e. The molecule has 0 bridgehead atoms. The van der Waals surface area contributed by atoms with Crippen LogP contribution >= 0.6 is 11.6 Å². The van der Waals surface area contributed by atoms with Crippen molar-refractivity contribution in [2.75, 3.05) is 23.7 Å². The molecule has 2 aromatic rings. The third-order valence-corrected chi connectivity index (χ3v) is 5.44. The fourth-order valence-electron chi connectivity index (χ4n) is 2.62. The number of rotatable bonds is 8. The van der Waals surface area contributed by atoms with Gasteiger partial charge in [0, 0.05) is 5.02 Å². The molecule has 1 atom stereocenters. The third kappa shape index (κ3) is 5.84. The summed E-state index contributed by atoms with van der Waals surface area (Å²) in [5.74, 6) is -0.379. The molecule has 0 heterocycles. The van der Waals surface area contributed by atoms with E-state index >= 15 is 0 Å². The van der Waals surface area contributed by atoms with Crippen molar-refractivity contribution in [3.8, 4) is 5.75 Å². The fourth-order valence-corrected chi connectivity index (χ4v) is 4.01. The molecule has 0 fully saturated rings. The number of anilines is 1. The van der Waals surface area contributed by atoms with Crippen LogP contribution in [0.25, 0.3) is 0 Å². The molecule has 0 saturated carbocycles. The van der Waals surface area contributed by atoms with Crippen LogP contribution in [0.4, 0.5) is 10.1 Å². The monoisotopic (exact) mass is 428 g/mol. The van der Waals surface area contributed by atoms with Gasteiger partial charge in [-0.1, -0.05) is 17.7 Å². The van der Waals surface area contributed by atoms with Gasteiger partial charge in [0.1, 0.15) is 24.2 Å². The molecule has 28 heavy (non-hydrogen) atoms. The van der Waals surface area contributed by atoms with Crippen molar-refractivity contribution in [1.82, 2.24) is 5.32 Å². The van der Waals surface area contributed by atoms with Gasteiger partial charge in [-0.15, -0.1) is 0 Å². The highest BCUT2D eigenvalue weighted by atomic mass is 35.5. The van der Waals surface area contributed by atoms with E-state index in [4.69, 9.17) is 16.3 Å². The van der Waals surface area contributed by atoms with Crippen LogP contribution < -0.4 is 14.4 Å². The van der Waals surface area contributed by atoms with E-state index in [-0.39, 0.29) is 19.0 Å². The maximum Gasteiger partial charge on any atom is 0.243 e. The lowest BCUT2D eigenvalue weighted by Crippen LogP contribution is -2.48. The Labute approximate surface area is 169 Å². The summed E-state index contributed by atoms with van der Waals surface area (Å²) < 4.78 is 44.0. The number of aryl methyl sites for hydroxylation is 1. The molecule has 0 saturated heterocycles. The molecule has 2 aromatic carbocycles. The first-order valence-electron chi connectivity index (χ1n) is 8.51. The van der Waals surface area contributed by atoms with Gasteiger partial charge in [-0.3, -0.25) is 9.10 Å². The van der Waals surface area contributed by atoms with Crippen LogP contribution in [0.3, 0.4) is 0 Å². The van der Waals surface area contributed by atoms with Crippen molar-refractivity contribution in [1.29, 1.82) is 0 Å². The molecule has 6 nitrogen and oxygen atoms in total. The normalized spacial score (nSPS) is 12.3. The molecule has 0 aromatic heterocycles. The number of carbonyl (C=O) groups is 1. The summed E-state index contributed by atoms with van der Waals surface area (Å²) in [4.78, 5) is 12.5. The van der Waals surface area contributed by atoms with Crippen molar-refractivity contribution < 1.29 is 22.3 Å². The van der Waals surface area contributed by atoms with Crippen molar-refractivity contribution in [2.24, 2.45) is 0 Å². The Balaban J connectivity index is 2.03. The second kappa shape index (κ2) is 9.25. The highest BCUT2D eigenvalue weighted by molar-refractivity contribution is 7.92. The molecule has 1 amide bonds. The maximum atomic E-state index is 12.9. The van der Waals surface area contributed by atoms with Gasteiger partial charge in [-0.2, -0.15) is 0 Å². The van der Waals surface area contributed by atoms with Crippen LogP contribution in [-0.2, 0) is 14.8 Å². The number of benzene rings is 2. The van der Waals surface area contributed by atoms with E-state index in [9.17, 15) is 17.6 Å². The molecule has 1 unspecified atom stereocenters. The molecule has 9 heteroatoms. The molecule has 2 rings (SSSR count). The number of ether oxygens (including phenoxy) is 1. The summed E-state index contributed by atoms with van der Waals surface area (Å²) in [5, 5.41) is 3.01. The molecule has 0 spiro atoms. The minimum absolute atomic E-state index is 0.152. The van der Waals surface area contributed by atoms with Gasteiger partial charge in [-0.25, -0.2) is 12.8 Å². The zero-order valence-corrected chi connectivity index (χ0v) is 17.3. The average Bonchev–Trinajstić information content (AvgIpc) is 2.62. The zero-order chi connectivity index (χ0) is 20.9. The second-order valence-corrected chi connectivity index (χ2v) is 8.55. The Morgan fingerprint density at radius 1 is 1.25 bits per heavy atom. The van der Waals surface area contributed by atoms with Gasteiger partial charge in [0.15, 0.2) is 0 Å². The van der Waals surface area contributed by atoms with Crippen molar-refractivity contribution in [3.05, 3.63) is 58.9 Å². The second-order valence-electron chi connectivity index (χ2n) is 6.26. The minimum atomic E-state index is -3.73. The first-order chi connectivity index (χ1) is 13.1. The third-order valence-electron chi connectivity index (χ3n) is 3.98. The van der Waals surface area contributed by atoms with Crippen molar-refractivity contribution in [2.45, 2.75) is 19.9 Å². The molecule has 152 valence electrons. The number of sulfonamides is 1. The Kier molecular flexibility index (Phi) is 7.26. The van der Waals surface area contributed by atoms with Crippen LogP contribution in [0.5, 0.6) is 5.75 Å². The van der Waals surface area contributed by atoms with Crippen LogP contribution in [0.15, 0.2) is 42.5 Å². The van der Waals surface area contributed by atoms with Crippen molar-refractivity contribution in [3.63, 3.8) is 0 Å². The van der Waals surface area contributed by atoms with E-state index in [2.05, 4.69) is 5.32 Å². The largest absolute Gasteiger partial charge is 0.492 e. The zero-order valence-electron chi connectivity index (χ0n) is 15.8. The van der Waals surface area contributed by atoms with Gasteiger partial charge >= 0.3 is 0 Å². The van der Waals surface area contributed by atoms with E-state index in [1.807, 2.05) is 0 Å². The van der Waals surface area contributed by atoms with Crippen LogP contribution in [0, 0.1) is 12.7 Å². The molecular formula is C19H22ClFN2O4S. The van der Waals surface area contributed by atoms with Gasteiger partial charge in [-0.05, 0) is 55.8 Å². The van der Waals surface area contributed by atoms with Gasteiger partial charge in [0.05, 0.1) is 18.5 Å². The van der Waals surface area contributed by atoms with Crippen molar-refractivity contribution >= 4 is 33.2 Å². The minimum Gasteiger partial charge on any atom is -0.492 e. The molecule has 0 aliphatic heterocycles. The standard InChI is InChI=1S/C19H22ClFN2O4S/c1-13-4-5-15(20)12-18(13)23(28(3,25)26)14(2)19(24)22-10-11-27-17-8-6-16(21)7-9-17/h4-9,12,14H,10-11H2,1-3H3,(H,22,24). The molecule has 0 radical (unpaired) electrons.